The lowest BCUT2D eigenvalue weighted by atomic mass is 10.2. The zero-order chi connectivity index (χ0) is 8.55. The summed E-state index contributed by atoms with van der Waals surface area (Å²) in [4.78, 5) is 0. The maximum Gasteiger partial charge on any atom is 0.146 e. The van der Waals surface area contributed by atoms with Crippen molar-refractivity contribution in [2.75, 3.05) is 18.5 Å². The molecular weight excluding hydrogens is 181 g/mol. The first-order valence-electron chi connectivity index (χ1n) is 3.63. The first-order valence-corrected chi connectivity index (χ1v) is 4.01. The van der Waals surface area contributed by atoms with Crippen LogP contribution in [0.3, 0.4) is 0 Å². The second-order valence-electron chi connectivity index (χ2n) is 2.54. The molecule has 0 spiro atoms. The van der Waals surface area contributed by atoms with Gasteiger partial charge in [-0.25, -0.2) is 4.39 Å². The van der Waals surface area contributed by atoms with E-state index in [1.165, 1.54) is 12.1 Å². The van der Waals surface area contributed by atoms with Crippen LogP contribution in [0.4, 0.5) is 10.1 Å². The third kappa shape index (κ3) is 1.20. The number of rotatable bonds is 0. The Balaban J connectivity index is 2.53. The van der Waals surface area contributed by atoms with Gasteiger partial charge >= 0.3 is 0 Å². The number of anilines is 1. The van der Waals surface area contributed by atoms with Gasteiger partial charge in [-0.2, -0.15) is 0 Å². The predicted molar refractivity (Wildman–Crippen MR) is 45.4 cm³/mol. The molecule has 1 aliphatic rings. The molecular formula is C8H7ClFNO. The van der Waals surface area contributed by atoms with Crippen molar-refractivity contribution < 1.29 is 9.13 Å². The van der Waals surface area contributed by atoms with Gasteiger partial charge in [-0.15, -0.1) is 0 Å². The Morgan fingerprint density at radius 3 is 3.17 bits per heavy atom. The summed E-state index contributed by atoms with van der Waals surface area (Å²) in [6.07, 6.45) is 0. The Bertz CT molecular complexity index is 316. The third-order valence-corrected chi connectivity index (χ3v) is 1.98. The molecule has 0 saturated carbocycles. The minimum Gasteiger partial charge on any atom is -0.489 e. The molecule has 0 atom stereocenters. The second kappa shape index (κ2) is 2.83. The Morgan fingerprint density at radius 2 is 2.33 bits per heavy atom. The molecule has 0 amide bonds. The van der Waals surface area contributed by atoms with E-state index in [0.29, 0.717) is 29.6 Å². The fraction of sp³-hybridized carbons (Fsp3) is 0.250. The molecule has 0 radical (unpaired) electrons. The van der Waals surface area contributed by atoms with Gasteiger partial charge in [0.15, 0.2) is 0 Å². The quantitative estimate of drug-likeness (QED) is 0.673. The molecule has 0 aliphatic carbocycles. The standard InChI is InChI=1S/C8H7ClFNO/c9-6-3-5(10)4-7-8(6)11-1-2-12-7/h3-4,11H,1-2H2. The van der Waals surface area contributed by atoms with E-state index in [1.807, 2.05) is 0 Å². The van der Waals surface area contributed by atoms with Gasteiger partial charge in [-0.3, -0.25) is 0 Å². The van der Waals surface area contributed by atoms with Gasteiger partial charge in [0.1, 0.15) is 18.2 Å². The van der Waals surface area contributed by atoms with Gasteiger partial charge in [0, 0.05) is 12.6 Å². The van der Waals surface area contributed by atoms with Gasteiger partial charge < -0.3 is 10.1 Å². The summed E-state index contributed by atoms with van der Waals surface area (Å²) in [5.41, 5.74) is 0.685. The van der Waals surface area contributed by atoms with E-state index in [9.17, 15) is 4.39 Å². The number of fused-ring (bicyclic) bond motifs is 1. The van der Waals surface area contributed by atoms with Crippen LogP contribution in [0.2, 0.25) is 5.02 Å². The minimum absolute atomic E-state index is 0.365. The highest BCUT2D eigenvalue weighted by molar-refractivity contribution is 6.33. The smallest absolute Gasteiger partial charge is 0.146 e. The van der Waals surface area contributed by atoms with E-state index in [1.54, 1.807) is 0 Å². The van der Waals surface area contributed by atoms with Crippen molar-refractivity contribution >= 4 is 17.3 Å². The summed E-state index contributed by atoms with van der Waals surface area (Å²) in [6, 6.07) is 2.59. The average Bonchev–Trinajstić information content (AvgIpc) is 2.04. The molecule has 1 aliphatic heterocycles. The van der Waals surface area contributed by atoms with E-state index in [2.05, 4.69) is 5.32 Å². The number of halogens is 2. The topological polar surface area (TPSA) is 21.3 Å². The first-order chi connectivity index (χ1) is 5.77. The van der Waals surface area contributed by atoms with Gasteiger partial charge in [0.25, 0.3) is 0 Å². The molecule has 2 nitrogen and oxygen atoms in total. The maximum atomic E-state index is 12.8. The highest BCUT2D eigenvalue weighted by Crippen LogP contribution is 2.34. The van der Waals surface area contributed by atoms with Crippen molar-refractivity contribution in [3.63, 3.8) is 0 Å². The minimum atomic E-state index is -0.373. The lowest BCUT2D eigenvalue weighted by molar-refractivity contribution is 0.321. The van der Waals surface area contributed by atoms with Crippen LogP contribution in [0.1, 0.15) is 0 Å². The number of hydrogen-bond acceptors (Lipinski definition) is 2. The maximum absolute atomic E-state index is 12.8. The summed E-state index contributed by atoms with van der Waals surface area (Å²) in [7, 11) is 0. The van der Waals surface area contributed by atoms with Crippen LogP contribution in [0.5, 0.6) is 5.75 Å². The van der Waals surface area contributed by atoms with Crippen LogP contribution in [-0.4, -0.2) is 13.2 Å². The Kier molecular flexibility index (Phi) is 1.81. The summed E-state index contributed by atoms with van der Waals surface area (Å²) in [5.74, 6) is 0.119. The van der Waals surface area contributed by atoms with E-state index in [-0.39, 0.29) is 5.82 Å². The highest BCUT2D eigenvalue weighted by Gasteiger charge is 2.14. The van der Waals surface area contributed by atoms with Crippen LogP contribution in [-0.2, 0) is 0 Å². The molecule has 0 aromatic heterocycles. The molecule has 12 heavy (non-hydrogen) atoms. The van der Waals surface area contributed by atoms with E-state index >= 15 is 0 Å². The Labute approximate surface area is 74.3 Å². The second-order valence-corrected chi connectivity index (χ2v) is 2.94. The molecule has 0 unspecified atom stereocenters. The van der Waals surface area contributed by atoms with Crippen LogP contribution in [0, 0.1) is 5.82 Å². The number of benzene rings is 1. The van der Waals surface area contributed by atoms with Gasteiger partial charge in [0.2, 0.25) is 0 Å². The molecule has 2 rings (SSSR count). The monoisotopic (exact) mass is 187 g/mol. The molecule has 0 saturated heterocycles. The zero-order valence-electron chi connectivity index (χ0n) is 6.23. The van der Waals surface area contributed by atoms with Crippen molar-refractivity contribution in [3.05, 3.63) is 23.0 Å². The summed E-state index contributed by atoms with van der Waals surface area (Å²) in [6.45, 7) is 1.26. The average molecular weight is 188 g/mol. The van der Waals surface area contributed by atoms with Crippen LogP contribution >= 0.6 is 11.6 Å². The molecule has 64 valence electrons. The SMILES string of the molecule is Fc1cc(Cl)c2c(c1)OCCN2. The van der Waals surface area contributed by atoms with Crippen LogP contribution in [0.25, 0.3) is 0 Å². The van der Waals surface area contributed by atoms with Crippen LogP contribution < -0.4 is 10.1 Å². The van der Waals surface area contributed by atoms with Crippen LogP contribution in [0.15, 0.2) is 12.1 Å². The van der Waals surface area contributed by atoms with Crippen molar-refractivity contribution in [1.29, 1.82) is 0 Å². The van der Waals surface area contributed by atoms with Crippen molar-refractivity contribution in [1.82, 2.24) is 0 Å². The fourth-order valence-corrected chi connectivity index (χ4v) is 1.44. The summed E-state index contributed by atoms with van der Waals surface area (Å²) >= 11 is 5.76. The number of hydrogen-bond donors (Lipinski definition) is 1. The normalized spacial score (nSPS) is 14.5. The Morgan fingerprint density at radius 1 is 1.50 bits per heavy atom. The van der Waals surface area contributed by atoms with Crippen molar-refractivity contribution in [2.45, 2.75) is 0 Å². The first kappa shape index (κ1) is 7.68. The largest absolute Gasteiger partial charge is 0.489 e. The van der Waals surface area contributed by atoms with E-state index in [4.69, 9.17) is 16.3 Å². The van der Waals surface area contributed by atoms with Crippen molar-refractivity contribution in [2.24, 2.45) is 0 Å². The summed E-state index contributed by atoms with van der Waals surface area (Å²) in [5, 5.41) is 3.40. The Hall–Kier alpha value is -0.960. The molecule has 4 heteroatoms. The van der Waals surface area contributed by atoms with E-state index < -0.39 is 0 Å². The molecule has 1 N–H and O–H groups in total. The van der Waals surface area contributed by atoms with E-state index in [0.717, 1.165) is 0 Å². The van der Waals surface area contributed by atoms with Gasteiger partial charge in [0.05, 0.1) is 10.7 Å². The van der Waals surface area contributed by atoms with Gasteiger partial charge in [-0.1, -0.05) is 11.6 Å². The molecule has 0 bridgehead atoms. The third-order valence-electron chi connectivity index (χ3n) is 1.68. The summed E-state index contributed by atoms with van der Waals surface area (Å²) < 4.78 is 18.0. The number of nitrogens with one attached hydrogen (secondary N) is 1. The molecule has 1 aromatic carbocycles. The van der Waals surface area contributed by atoms with Crippen molar-refractivity contribution in [3.8, 4) is 5.75 Å². The lowest BCUT2D eigenvalue weighted by Crippen LogP contribution is -2.18. The molecule has 1 heterocycles. The predicted octanol–water partition coefficient (Wildman–Crippen LogP) is 2.28. The fourth-order valence-electron chi connectivity index (χ4n) is 1.17. The molecule has 1 aromatic rings. The van der Waals surface area contributed by atoms with Gasteiger partial charge in [-0.05, 0) is 6.07 Å². The molecule has 0 fully saturated rings. The lowest BCUT2D eigenvalue weighted by Gasteiger charge is -2.19. The zero-order valence-corrected chi connectivity index (χ0v) is 6.99. The number of ether oxygens (including phenoxy) is 1. The highest BCUT2D eigenvalue weighted by atomic mass is 35.5.